The van der Waals surface area contributed by atoms with E-state index in [1.807, 2.05) is 13.8 Å². The van der Waals surface area contributed by atoms with Crippen molar-refractivity contribution in [2.75, 3.05) is 4.72 Å². The zero-order valence-corrected chi connectivity index (χ0v) is 12.8. The van der Waals surface area contributed by atoms with E-state index in [0.717, 1.165) is 14.8 Å². The van der Waals surface area contributed by atoms with Crippen LogP contribution in [0.15, 0.2) is 29.2 Å². The molecule has 0 atom stereocenters. The van der Waals surface area contributed by atoms with E-state index in [0.29, 0.717) is 5.82 Å². The van der Waals surface area contributed by atoms with E-state index in [2.05, 4.69) is 37.5 Å². The van der Waals surface area contributed by atoms with Gasteiger partial charge in [0.2, 0.25) is 0 Å². The fourth-order valence-corrected chi connectivity index (χ4v) is 2.81. The molecule has 0 amide bonds. The van der Waals surface area contributed by atoms with E-state index < -0.39 is 10.0 Å². The second-order valence-electron chi connectivity index (χ2n) is 3.88. The second-order valence-corrected chi connectivity index (χ2v) is 6.81. The number of benzene rings is 1. The molecule has 0 saturated heterocycles. The number of H-pyrrole nitrogens is 1. The van der Waals surface area contributed by atoms with Crippen molar-refractivity contribution in [3.8, 4) is 0 Å². The smallest absolute Gasteiger partial charge is 0.263 e. The Labute approximate surface area is 119 Å². The lowest BCUT2D eigenvalue weighted by Gasteiger charge is -2.06. The number of aromatic amines is 1. The summed E-state index contributed by atoms with van der Waals surface area (Å²) in [5, 5.41) is 6.67. The van der Waals surface area contributed by atoms with Crippen molar-refractivity contribution < 1.29 is 8.42 Å². The number of nitrogens with zero attached hydrogens (tertiary/aromatic N) is 1. The summed E-state index contributed by atoms with van der Waals surface area (Å²) in [6.45, 7) is 3.65. The maximum absolute atomic E-state index is 12.1. The SMILES string of the molecule is Cc1[nH]nc(NS(=O)(=O)c2ccc(I)cc2)c1C. The lowest BCUT2D eigenvalue weighted by Crippen LogP contribution is -2.13. The number of nitrogens with one attached hydrogen (secondary N) is 2. The third kappa shape index (κ3) is 2.66. The molecule has 0 unspecified atom stereocenters. The van der Waals surface area contributed by atoms with Crippen LogP contribution in [0.1, 0.15) is 11.3 Å². The van der Waals surface area contributed by atoms with Crippen molar-refractivity contribution in [1.82, 2.24) is 10.2 Å². The molecular weight excluding hydrogens is 365 g/mol. The Kier molecular flexibility index (Phi) is 3.62. The van der Waals surface area contributed by atoms with Gasteiger partial charge in [0.05, 0.1) is 4.90 Å². The van der Waals surface area contributed by atoms with Crippen LogP contribution in [0.2, 0.25) is 0 Å². The average Bonchev–Trinajstić information content (AvgIpc) is 2.61. The number of sulfonamides is 1. The molecule has 1 heterocycles. The fraction of sp³-hybridized carbons (Fsp3) is 0.182. The van der Waals surface area contributed by atoms with Gasteiger partial charge in [0, 0.05) is 14.8 Å². The number of hydrogen-bond donors (Lipinski definition) is 2. The molecule has 0 saturated carbocycles. The summed E-state index contributed by atoms with van der Waals surface area (Å²) in [7, 11) is -3.58. The van der Waals surface area contributed by atoms with E-state index in [-0.39, 0.29) is 4.90 Å². The minimum atomic E-state index is -3.58. The molecule has 1 aromatic carbocycles. The Morgan fingerprint density at radius 1 is 1.22 bits per heavy atom. The Morgan fingerprint density at radius 2 is 1.83 bits per heavy atom. The molecule has 2 aromatic rings. The largest absolute Gasteiger partial charge is 0.280 e. The van der Waals surface area contributed by atoms with Gasteiger partial charge in [-0.3, -0.25) is 9.82 Å². The molecule has 2 rings (SSSR count). The number of aryl methyl sites for hydroxylation is 1. The van der Waals surface area contributed by atoms with Gasteiger partial charge < -0.3 is 0 Å². The number of hydrogen-bond acceptors (Lipinski definition) is 3. The highest BCUT2D eigenvalue weighted by molar-refractivity contribution is 14.1. The highest BCUT2D eigenvalue weighted by Crippen LogP contribution is 2.19. The van der Waals surface area contributed by atoms with Crippen LogP contribution in [-0.4, -0.2) is 18.6 Å². The van der Waals surface area contributed by atoms with Crippen molar-refractivity contribution in [1.29, 1.82) is 0 Å². The van der Waals surface area contributed by atoms with Gasteiger partial charge in [0.25, 0.3) is 10.0 Å². The van der Waals surface area contributed by atoms with Crippen LogP contribution >= 0.6 is 22.6 Å². The predicted octanol–water partition coefficient (Wildman–Crippen LogP) is 2.43. The van der Waals surface area contributed by atoms with Crippen molar-refractivity contribution in [3.05, 3.63) is 39.1 Å². The molecule has 0 bridgehead atoms. The van der Waals surface area contributed by atoms with Crippen molar-refractivity contribution in [2.45, 2.75) is 18.7 Å². The standard InChI is InChI=1S/C11H12IN3O2S/c1-7-8(2)13-14-11(7)15-18(16,17)10-5-3-9(12)4-6-10/h3-6H,1-2H3,(H2,13,14,15). The predicted molar refractivity (Wildman–Crippen MR) is 78.0 cm³/mol. The van der Waals surface area contributed by atoms with Crippen LogP contribution in [0.25, 0.3) is 0 Å². The Hall–Kier alpha value is -1.09. The zero-order chi connectivity index (χ0) is 13.3. The first-order chi connectivity index (χ1) is 8.40. The minimum Gasteiger partial charge on any atom is -0.280 e. The highest BCUT2D eigenvalue weighted by Gasteiger charge is 2.17. The van der Waals surface area contributed by atoms with E-state index in [1.165, 1.54) is 0 Å². The van der Waals surface area contributed by atoms with Crippen molar-refractivity contribution >= 4 is 38.4 Å². The summed E-state index contributed by atoms with van der Waals surface area (Å²) < 4.78 is 27.7. The van der Waals surface area contributed by atoms with Gasteiger partial charge >= 0.3 is 0 Å². The molecular formula is C11H12IN3O2S. The molecule has 0 aliphatic carbocycles. The first-order valence-electron chi connectivity index (χ1n) is 5.20. The molecule has 0 spiro atoms. The molecule has 0 aliphatic rings. The van der Waals surface area contributed by atoms with Gasteiger partial charge in [-0.25, -0.2) is 8.42 Å². The average molecular weight is 377 g/mol. The van der Waals surface area contributed by atoms with E-state index in [9.17, 15) is 8.42 Å². The summed E-state index contributed by atoms with van der Waals surface area (Å²) in [5.74, 6) is 0.339. The Bertz CT molecular complexity index is 662. The molecule has 0 radical (unpaired) electrons. The number of halogens is 1. The molecule has 0 aliphatic heterocycles. The van der Waals surface area contributed by atoms with Gasteiger partial charge in [-0.05, 0) is 60.7 Å². The second kappa shape index (κ2) is 4.88. The maximum atomic E-state index is 12.1. The van der Waals surface area contributed by atoms with Crippen LogP contribution in [0.3, 0.4) is 0 Å². The third-order valence-corrected chi connectivity index (χ3v) is 4.68. The molecule has 96 valence electrons. The molecule has 0 fully saturated rings. The van der Waals surface area contributed by atoms with Crippen LogP contribution in [0.5, 0.6) is 0 Å². The van der Waals surface area contributed by atoms with Gasteiger partial charge in [0.15, 0.2) is 5.82 Å². The lowest BCUT2D eigenvalue weighted by molar-refractivity contribution is 0.601. The summed E-state index contributed by atoms with van der Waals surface area (Å²) in [5.41, 5.74) is 1.64. The first kappa shape index (κ1) is 13.3. The molecule has 18 heavy (non-hydrogen) atoms. The Balaban J connectivity index is 2.33. The fourth-order valence-electron chi connectivity index (χ4n) is 1.38. The number of rotatable bonds is 3. The molecule has 2 N–H and O–H groups in total. The quantitative estimate of drug-likeness (QED) is 0.807. The summed E-state index contributed by atoms with van der Waals surface area (Å²) in [6, 6.07) is 6.63. The molecule has 7 heteroatoms. The zero-order valence-electron chi connectivity index (χ0n) is 9.86. The van der Waals surface area contributed by atoms with E-state index >= 15 is 0 Å². The maximum Gasteiger partial charge on any atom is 0.263 e. The van der Waals surface area contributed by atoms with Crippen LogP contribution in [0, 0.1) is 17.4 Å². The number of anilines is 1. The van der Waals surface area contributed by atoms with Gasteiger partial charge in [-0.1, -0.05) is 0 Å². The van der Waals surface area contributed by atoms with Gasteiger partial charge in [-0.15, -0.1) is 0 Å². The van der Waals surface area contributed by atoms with Crippen molar-refractivity contribution in [3.63, 3.8) is 0 Å². The van der Waals surface area contributed by atoms with Crippen LogP contribution in [-0.2, 0) is 10.0 Å². The van der Waals surface area contributed by atoms with E-state index in [4.69, 9.17) is 0 Å². The summed E-state index contributed by atoms with van der Waals surface area (Å²) in [4.78, 5) is 0.225. The van der Waals surface area contributed by atoms with Gasteiger partial charge in [-0.2, -0.15) is 5.10 Å². The third-order valence-electron chi connectivity index (χ3n) is 2.61. The first-order valence-corrected chi connectivity index (χ1v) is 7.76. The van der Waals surface area contributed by atoms with Crippen LogP contribution < -0.4 is 4.72 Å². The highest BCUT2D eigenvalue weighted by atomic mass is 127. The minimum absolute atomic E-state index is 0.225. The molecule has 1 aromatic heterocycles. The summed E-state index contributed by atoms with van der Waals surface area (Å²) in [6.07, 6.45) is 0. The molecule has 5 nitrogen and oxygen atoms in total. The van der Waals surface area contributed by atoms with Crippen LogP contribution in [0.4, 0.5) is 5.82 Å². The normalized spacial score (nSPS) is 11.5. The van der Waals surface area contributed by atoms with Crippen molar-refractivity contribution in [2.24, 2.45) is 0 Å². The van der Waals surface area contributed by atoms with E-state index in [1.54, 1.807) is 24.3 Å². The monoisotopic (exact) mass is 377 g/mol. The van der Waals surface area contributed by atoms with Gasteiger partial charge in [0.1, 0.15) is 0 Å². The Morgan fingerprint density at radius 3 is 2.33 bits per heavy atom. The topological polar surface area (TPSA) is 74.8 Å². The lowest BCUT2D eigenvalue weighted by atomic mass is 10.3. The number of aromatic nitrogens is 2. The summed E-state index contributed by atoms with van der Waals surface area (Å²) >= 11 is 2.12.